The second-order valence-corrected chi connectivity index (χ2v) is 6.76. The quantitative estimate of drug-likeness (QED) is 0.433. The number of nitrogens with one attached hydrogen (secondary N) is 2. The Bertz CT molecular complexity index is 1150. The van der Waals surface area contributed by atoms with Crippen molar-refractivity contribution in [1.82, 2.24) is 15.8 Å². The fraction of sp³-hybridized carbons (Fsp3) is 0.130. The summed E-state index contributed by atoms with van der Waals surface area (Å²) < 4.78 is 21.7. The van der Waals surface area contributed by atoms with Gasteiger partial charge in [0.15, 0.2) is 18.1 Å². The number of amides is 2. The molecule has 2 amide bonds. The number of carbonyl (C=O) groups is 3. The summed E-state index contributed by atoms with van der Waals surface area (Å²) in [5.41, 5.74) is 4.53. The van der Waals surface area contributed by atoms with Crippen LogP contribution in [0.2, 0.25) is 0 Å². The van der Waals surface area contributed by atoms with Crippen LogP contribution < -0.4 is 25.1 Å². The van der Waals surface area contributed by atoms with E-state index in [9.17, 15) is 14.4 Å². The average Bonchev–Trinajstić information content (AvgIpc) is 2.86. The number of fused-ring (bicyclic) bond motifs is 1. The number of carbonyl (C=O) groups excluding carboxylic acids is 3. The summed E-state index contributed by atoms with van der Waals surface area (Å²) in [5, 5.41) is 0. The van der Waals surface area contributed by atoms with Gasteiger partial charge in [0.25, 0.3) is 11.8 Å². The van der Waals surface area contributed by atoms with Crippen molar-refractivity contribution in [3.8, 4) is 23.0 Å². The smallest absolute Gasteiger partial charge is 0.342 e. The van der Waals surface area contributed by atoms with Crippen LogP contribution in [0.25, 0.3) is 0 Å². The minimum absolute atomic E-state index is 0.0125. The molecule has 0 radical (unpaired) electrons. The SMILES string of the molecule is O=C(COC(=O)c1ccccc1Oc1cccnc1)NNC(=O)C1COc2ccccc2O1. The highest BCUT2D eigenvalue weighted by atomic mass is 16.6. The molecule has 1 aliphatic rings. The number of aromatic nitrogens is 1. The molecule has 2 heterocycles. The molecule has 0 saturated carbocycles. The molecule has 4 rings (SSSR count). The van der Waals surface area contributed by atoms with Crippen LogP contribution in [-0.2, 0) is 14.3 Å². The number of nitrogens with zero attached hydrogens (tertiary/aromatic N) is 1. The monoisotopic (exact) mass is 449 g/mol. The zero-order valence-corrected chi connectivity index (χ0v) is 17.2. The van der Waals surface area contributed by atoms with Crippen LogP contribution in [0.5, 0.6) is 23.0 Å². The number of hydrazine groups is 1. The van der Waals surface area contributed by atoms with Crippen molar-refractivity contribution < 1.29 is 33.3 Å². The Morgan fingerprint density at radius 2 is 1.76 bits per heavy atom. The summed E-state index contributed by atoms with van der Waals surface area (Å²) in [6.45, 7) is -0.632. The van der Waals surface area contributed by atoms with Gasteiger partial charge in [0, 0.05) is 6.20 Å². The lowest BCUT2D eigenvalue weighted by atomic mass is 10.2. The summed E-state index contributed by atoms with van der Waals surface area (Å²) in [6, 6.07) is 16.7. The topological polar surface area (TPSA) is 125 Å². The largest absolute Gasteiger partial charge is 0.485 e. The first-order valence-electron chi connectivity index (χ1n) is 9.91. The summed E-state index contributed by atoms with van der Waals surface area (Å²) >= 11 is 0. The fourth-order valence-electron chi connectivity index (χ4n) is 2.86. The van der Waals surface area contributed by atoms with Crippen LogP contribution in [0.1, 0.15) is 10.4 Å². The first-order valence-corrected chi connectivity index (χ1v) is 9.91. The normalized spacial score (nSPS) is 14.0. The molecule has 1 aliphatic heterocycles. The third-order valence-corrected chi connectivity index (χ3v) is 4.43. The van der Waals surface area contributed by atoms with E-state index in [1.54, 1.807) is 60.8 Å². The van der Waals surface area contributed by atoms with Gasteiger partial charge < -0.3 is 18.9 Å². The summed E-state index contributed by atoms with van der Waals surface area (Å²) in [4.78, 5) is 40.6. The van der Waals surface area contributed by atoms with Gasteiger partial charge in [-0.15, -0.1) is 0 Å². The molecule has 3 aromatic rings. The number of esters is 1. The Labute approximate surface area is 188 Å². The van der Waals surface area contributed by atoms with Gasteiger partial charge >= 0.3 is 5.97 Å². The third-order valence-electron chi connectivity index (χ3n) is 4.43. The molecule has 0 saturated heterocycles. The van der Waals surface area contributed by atoms with Crippen LogP contribution in [-0.4, -0.2) is 42.1 Å². The van der Waals surface area contributed by atoms with E-state index in [-0.39, 0.29) is 17.9 Å². The number of para-hydroxylation sites is 3. The van der Waals surface area contributed by atoms with E-state index >= 15 is 0 Å². The maximum atomic E-state index is 12.4. The van der Waals surface area contributed by atoms with E-state index < -0.39 is 30.5 Å². The second-order valence-electron chi connectivity index (χ2n) is 6.76. The molecule has 33 heavy (non-hydrogen) atoms. The molecule has 0 fully saturated rings. The maximum absolute atomic E-state index is 12.4. The highest BCUT2D eigenvalue weighted by Gasteiger charge is 2.27. The lowest BCUT2D eigenvalue weighted by molar-refractivity contribution is -0.135. The molecule has 2 N–H and O–H groups in total. The Morgan fingerprint density at radius 1 is 0.970 bits per heavy atom. The van der Waals surface area contributed by atoms with Crippen molar-refractivity contribution in [2.75, 3.05) is 13.2 Å². The highest BCUT2D eigenvalue weighted by Crippen LogP contribution is 2.30. The van der Waals surface area contributed by atoms with Gasteiger partial charge in [-0.05, 0) is 36.4 Å². The first kappa shape index (κ1) is 21.6. The molecule has 0 spiro atoms. The molecule has 1 atom stereocenters. The average molecular weight is 449 g/mol. The van der Waals surface area contributed by atoms with Gasteiger partial charge in [-0.2, -0.15) is 0 Å². The minimum Gasteiger partial charge on any atom is -0.485 e. The van der Waals surface area contributed by atoms with E-state index in [0.717, 1.165) is 0 Å². The molecule has 1 aromatic heterocycles. The minimum atomic E-state index is -0.945. The maximum Gasteiger partial charge on any atom is 0.342 e. The van der Waals surface area contributed by atoms with Crippen LogP contribution in [0.15, 0.2) is 73.1 Å². The molecule has 0 bridgehead atoms. The molecule has 10 heteroatoms. The summed E-state index contributed by atoms with van der Waals surface area (Å²) in [6.07, 6.45) is 2.15. The summed E-state index contributed by atoms with van der Waals surface area (Å²) in [7, 11) is 0. The van der Waals surface area contributed by atoms with Gasteiger partial charge in [-0.25, -0.2) is 4.79 Å². The molecule has 0 aliphatic carbocycles. The summed E-state index contributed by atoms with van der Waals surface area (Å²) in [5.74, 6) is -0.467. The highest BCUT2D eigenvalue weighted by molar-refractivity contribution is 5.94. The molecule has 168 valence electrons. The predicted molar refractivity (Wildman–Crippen MR) is 114 cm³/mol. The van der Waals surface area contributed by atoms with E-state index in [0.29, 0.717) is 17.2 Å². The number of pyridine rings is 1. The Morgan fingerprint density at radius 3 is 2.58 bits per heavy atom. The molecule has 1 unspecified atom stereocenters. The van der Waals surface area contributed by atoms with Gasteiger partial charge in [-0.1, -0.05) is 24.3 Å². The molecule has 10 nitrogen and oxygen atoms in total. The van der Waals surface area contributed by atoms with E-state index in [2.05, 4.69) is 15.8 Å². The lowest BCUT2D eigenvalue weighted by Gasteiger charge is -2.25. The second kappa shape index (κ2) is 10.1. The van der Waals surface area contributed by atoms with E-state index in [4.69, 9.17) is 18.9 Å². The molecular weight excluding hydrogens is 430 g/mol. The van der Waals surface area contributed by atoms with Gasteiger partial charge in [0.1, 0.15) is 23.7 Å². The van der Waals surface area contributed by atoms with Crippen LogP contribution in [0.3, 0.4) is 0 Å². The van der Waals surface area contributed by atoms with Crippen LogP contribution >= 0.6 is 0 Å². The van der Waals surface area contributed by atoms with Gasteiger partial charge in [0.2, 0.25) is 6.10 Å². The number of hydrogen-bond acceptors (Lipinski definition) is 8. The van der Waals surface area contributed by atoms with Gasteiger partial charge in [-0.3, -0.25) is 25.4 Å². The number of hydrogen-bond donors (Lipinski definition) is 2. The molecule has 2 aromatic carbocycles. The third kappa shape index (κ3) is 5.56. The van der Waals surface area contributed by atoms with Crippen molar-refractivity contribution >= 4 is 17.8 Å². The van der Waals surface area contributed by atoms with E-state index in [1.807, 2.05) is 0 Å². The van der Waals surface area contributed by atoms with Gasteiger partial charge in [0.05, 0.1) is 6.20 Å². The Kier molecular flexibility index (Phi) is 6.64. The van der Waals surface area contributed by atoms with Crippen molar-refractivity contribution in [3.63, 3.8) is 0 Å². The zero-order valence-electron chi connectivity index (χ0n) is 17.2. The van der Waals surface area contributed by atoms with Crippen molar-refractivity contribution in [2.45, 2.75) is 6.10 Å². The van der Waals surface area contributed by atoms with Crippen LogP contribution in [0.4, 0.5) is 0 Å². The first-order chi connectivity index (χ1) is 16.1. The number of ether oxygens (including phenoxy) is 4. The molecular formula is C23H19N3O7. The predicted octanol–water partition coefficient (Wildman–Crippen LogP) is 2.02. The van der Waals surface area contributed by atoms with Crippen molar-refractivity contribution in [1.29, 1.82) is 0 Å². The zero-order chi connectivity index (χ0) is 23.0. The Balaban J connectivity index is 1.26. The standard InChI is InChI=1S/C23H19N3O7/c27-21(25-26-22(28)20-13-30-18-9-3-4-10-19(18)33-20)14-31-23(29)16-7-1-2-8-17(16)32-15-6-5-11-24-12-15/h1-12,20H,13-14H2,(H,25,27)(H,26,28). The number of rotatable bonds is 6. The van der Waals surface area contributed by atoms with Crippen molar-refractivity contribution in [3.05, 3.63) is 78.6 Å². The van der Waals surface area contributed by atoms with E-state index in [1.165, 1.54) is 12.3 Å². The number of benzene rings is 2. The van der Waals surface area contributed by atoms with Crippen LogP contribution in [0, 0.1) is 0 Å². The van der Waals surface area contributed by atoms with Crippen molar-refractivity contribution in [2.24, 2.45) is 0 Å². The Hall–Kier alpha value is -4.60. The lowest BCUT2D eigenvalue weighted by Crippen LogP contribution is -2.51. The fourth-order valence-corrected chi connectivity index (χ4v) is 2.86.